The van der Waals surface area contributed by atoms with Crippen molar-refractivity contribution in [1.82, 2.24) is 15.5 Å². The lowest BCUT2D eigenvalue weighted by molar-refractivity contribution is -0.179. The lowest BCUT2D eigenvalue weighted by Crippen LogP contribution is -2.62. The second-order valence-electron chi connectivity index (χ2n) is 9.77. The first kappa shape index (κ1) is 19.2. The molecule has 7 heteroatoms. The third-order valence-electron chi connectivity index (χ3n) is 8.37. The van der Waals surface area contributed by atoms with Gasteiger partial charge < -0.3 is 30.1 Å². The molecule has 2 aliphatic carbocycles. The highest BCUT2D eigenvalue weighted by Crippen LogP contribution is 2.56. The van der Waals surface area contributed by atoms with Crippen molar-refractivity contribution >= 4 is 5.91 Å². The van der Waals surface area contributed by atoms with E-state index in [4.69, 9.17) is 9.47 Å². The van der Waals surface area contributed by atoms with Crippen LogP contribution in [-0.2, 0) is 14.3 Å². The molecule has 6 atom stereocenters. The van der Waals surface area contributed by atoms with Crippen molar-refractivity contribution in [2.24, 2.45) is 5.41 Å². The molecule has 158 valence electrons. The highest BCUT2D eigenvalue weighted by atomic mass is 16.5. The molecule has 5 rings (SSSR count). The average molecular weight is 394 g/mol. The van der Waals surface area contributed by atoms with Crippen LogP contribution in [0.15, 0.2) is 0 Å². The number of rotatable bonds is 5. The molecule has 0 spiro atoms. The molecule has 2 saturated carbocycles. The monoisotopic (exact) mass is 393 g/mol. The number of ether oxygens (including phenoxy) is 2. The van der Waals surface area contributed by atoms with Gasteiger partial charge in [-0.15, -0.1) is 0 Å². The van der Waals surface area contributed by atoms with Crippen molar-refractivity contribution in [2.45, 2.75) is 87.2 Å². The van der Waals surface area contributed by atoms with Gasteiger partial charge in [0.1, 0.15) is 0 Å². The molecule has 28 heavy (non-hydrogen) atoms. The van der Waals surface area contributed by atoms with Crippen LogP contribution < -0.4 is 10.6 Å². The van der Waals surface area contributed by atoms with Crippen molar-refractivity contribution < 1.29 is 19.4 Å². The number of nitrogens with zero attached hydrogens (tertiary/aromatic N) is 1. The smallest absolute Gasteiger partial charge is 0.232 e. The van der Waals surface area contributed by atoms with Crippen LogP contribution in [0.3, 0.4) is 0 Å². The largest absolute Gasteiger partial charge is 0.389 e. The number of methoxy groups -OCH3 is 1. The van der Waals surface area contributed by atoms with Crippen molar-refractivity contribution in [3.63, 3.8) is 0 Å². The first-order valence-corrected chi connectivity index (χ1v) is 11.2. The van der Waals surface area contributed by atoms with Crippen LogP contribution in [0.25, 0.3) is 0 Å². The topological polar surface area (TPSA) is 83.1 Å². The van der Waals surface area contributed by atoms with Crippen molar-refractivity contribution in [2.75, 3.05) is 33.4 Å². The number of nitrogens with one attached hydrogen (secondary N) is 2. The first-order valence-electron chi connectivity index (χ1n) is 11.2. The van der Waals surface area contributed by atoms with Crippen LogP contribution >= 0.6 is 0 Å². The molecule has 5 aliphatic rings. The Bertz CT molecular complexity index is 612. The van der Waals surface area contributed by atoms with Gasteiger partial charge in [-0.05, 0) is 51.4 Å². The molecule has 3 heterocycles. The number of carbonyl (C=O) groups excluding carboxylic acids is 1. The SMILES string of the molecule is CO[C@@H]1COCC[C@@H]1N[C@@H]1CC[C@@](C(=O)N2C[C@H]3C[C@@H]2CN3)(C2(O)CCC2)C1. The Kier molecular flexibility index (Phi) is 4.95. The summed E-state index contributed by atoms with van der Waals surface area (Å²) in [4.78, 5) is 15.9. The number of piperazine rings is 1. The van der Waals surface area contributed by atoms with Crippen LogP contribution in [0.1, 0.15) is 51.4 Å². The van der Waals surface area contributed by atoms with Gasteiger partial charge in [0.25, 0.3) is 0 Å². The molecule has 1 amide bonds. The van der Waals surface area contributed by atoms with E-state index in [2.05, 4.69) is 15.5 Å². The van der Waals surface area contributed by atoms with Gasteiger partial charge in [-0.2, -0.15) is 0 Å². The average Bonchev–Trinajstić information content (AvgIpc) is 3.42. The van der Waals surface area contributed by atoms with E-state index in [1.54, 1.807) is 7.11 Å². The molecule has 3 saturated heterocycles. The number of carbonyl (C=O) groups is 1. The second kappa shape index (κ2) is 7.20. The summed E-state index contributed by atoms with van der Waals surface area (Å²) in [6.07, 6.45) is 7.12. The Morgan fingerprint density at radius 3 is 2.82 bits per heavy atom. The highest BCUT2D eigenvalue weighted by Gasteiger charge is 2.63. The van der Waals surface area contributed by atoms with E-state index in [1.807, 2.05) is 0 Å². The Labute approximate surface area is 167 Å². The van der Waals surface area contributed by atoms with Gasteiger partial charge in [0.05, 0.1) is 23.7 Å². The molecule has 5 fully saturated rings. The van der Waals surface area contributed by atoms with Crippen LogP contribution in [0, 0.1) is 5.41 Å². The summed E-state index contributed by atoms with van der Waals surface area (Å²) in [5.74, 6) is 0.225. The summed E-state index contributed by atoms with van der Waals surface area (Å²) < 4.78 is 11.2. The molecule has 3 aliphatic heterocycles. The Balaban J connectivity index is 1.33. The molecule has 0 aromatic carbocycles. The quantitative estimate of drug-likeness (QED) is 0.628. The second-order valence-corrected chi connectivity index (χ2v) is 9.77. The first-order chi connectivity index (χ1) is 13.5. The van der Waals surface area contributed by atoms with Crippen LogP contribution in [0.2, 0.25) is 0 Å². The predicted octanol–water partition coefficient (Wildman–Crippen LogP) is 0.407. The Morgan fingerprint density at radius 1 is 1.32 bits per heavy atom. The summed E-state index contributed by atoms with van der Waals surface area (Å²) in [5, 5.41) is 18.7. The maximum absolute atomic E-state index is 13.8. The summed E-state index contributed by atoms with van der Waals surface area (Å²) in [7, 11) is 1.74. The maximum atomic E-state index is 13.8. The number of hydrogen-bond donors (Lipinski definition) is 3. The van der Waals surface area contributed by atoms with E-state index in [-0.39, 0.29) is 24.1 Å². The van der Waals surface area contributed by atoms with E-state index in [0.29, 0.717) is 18.7 Å². The molecule has 3 N–H and O–H groups in total. The number of likely N-dealkylation sites (tertiary alicyclic amines) is 1. The fourth-order valence-corrected chi connectivity index (χ4v) is 6.52. The van der Waals surface area contributed by atoms with Gasteiger partial charge in [-0.25, -0.2) is 0 Å². The molecular weight excluding hydrogens is 358 g/mol. The van der Waals surface area contributed by atoms with Crippen molar-refractivity contribution in [3.8, 4) is 0 Å². The summed E-state index contributed by atoms with van der Waals surface area (Å²) in [6, 6.07) is 1.28. The van der Waals surface area contributed by atoms with Gasteiger partial charge in [0, 0.05) is 51.0 Å². The third-order valence-corrected chi connectivity index (χ3v) is 8.37. The van der Waals surface area contributed by atoms with E-state index < -0.39 is 11.0 Å². The minimum absolute atomic E-state index is 0.0617. The third kappa shape index (κ3) is 2.93. The molecule has 0 aromatic heterocycles. The van der Waals surface area contributed by atoms with Gasteiger partial charge in [0.15, 0.2) is 0 Å². The Morgan fingerprint density at radius 2 is 2.18 bits per heavy atom. The molecular formula is C21H35N3O4. The zero-order chi connectivity index (χ0) is 19.4. The zero-order valence-corrected chi connectivity index (χ0v) is 17.0. The fourth-order valence-electron chi connectivity index (χ4n) is 6.52. The van der Waals surface area contributed by atoms with Crippen LogP contribution in [-0.4, -0.2) is 85.2 Å². The number of amides is 1. The number of fused-ring (bicyclic) bond motifs is 2. The minimum Gasteiger partial charge on any atom is -0.389 e. The lowest BCUT2D eigenvalue weighted by atomic mass is 9.59. The van der Waals surface area contributed by atoms with Gasteiger partial charge >= 0.3 is 0 Å². The van der Waals surface area contributed by atoms with Crippen molar-refractivity contribution in [3.05, 3.63) is 0 Å². The van der Waals surface area contributed by atoms with Gasteiger partial charge in [0.2, 0.25) is 5.91 Å². The number of hydrogen-bond acceptors (Lipinski definition) is 6. The van der Waals surface area contributed by atoms with E-state index in [0.717, 1.165) is 71.1 Å². The standard InChI is InChI=1S/C21H35N3O4/c1-27-18-13-28-8-4-17(18)23-14-3-7-20(10-14,21(26)5-2-6-21)19(25)24-12-15-9-16(24)11-22-15/h14-18,22-23,26H,2-13H2,1H3/t14-,15-,16-,17+,18-,20-/m1/s1. The molecule has 0 radical (unpaired) electrons. The number of aliphatic hydroxyl groups is 1. The van der Waals surface area contributed by atoms with Crippen LogP contribution in [0.5, 0.6) is 0 Å². The van der Waals surface area contributed by atoms with E-state index in [1.165, 1.54) is 0 Å². The van der Waals surface area contributed by atoms with E-state index >= 15 is 0 Å². The molecule has 0 unspecified atom stereocenters. The van der Waals surface area contributed by atoms with Crippen molar-refractivity contribution in [1.29, 1.82) is 0 Å². The molecule has 7 nitrogen and oxygen atoms in total. The zero-order valence-electron chi connectivity index (χ0n) is 17.0. The summed E-state index contributed by atoms with van der Waals surface area (Å²) >= 11 is 0. The molecule has 2 bridgehead atoms. The van der Waals surface area contributed by atoms with E-state index in [9.17, 15) is 9.90 Å². The normalized spacial score (nSPS) is 44.6. The minimum atomic E-state index is -0.813. The lowest BCUT2D eigenvalue weighted by Gasteiger charge is -2.52. The van der Waals surface area contributed by atoms with Gasteiger partial charge in [-0.1, -0.05) is 0 Å². The maximum Gasteiger partial charge on any atom is 0.232 e. The Hall–Kier alpha value is -0.730. The molecule has 0 aromatic rings. The summed E-state index contributed by atoms with van der Waals surface area (Å²) in [5.41, 5.74) is -1.42. The predicted molar refractivity (Wildman–Crippen MR) is 104 cm³/mol. The van der Waals surface area contributed by atoms with Gasteiger partial charge in [-0.3, -0.25) is 4.79 Å². The highest BCUT2D eigenvalue weighted by molar-refractivity contribution is 5.85. The summed E-state index contributed by atoms with van der Waals surface area (Å²) in [6.45, 7) is 3.09. The van der Waals surface area contributed by atoms with Crippen LogP contribution in [0.4, 0.5) is 0 Å². The fraction of sp³-hybridized carbons (Fsp3) is 0.952.